The van der Waals surface area contributed by atoms with Crippen LogP contribution in [0.1, 0.15) is 5.69 Å². The predicted octanol–water partition coefficient (Wildman–Crippen LogP) is -0.608. The molecule has 5 nitrogen and oxygen atoms in total. The topological polar surface area (TPSA) is 74.7 Å². The molecule has 0 aromatic carbocycles. The van der Waals surface area contributed by atoms with Gasteiger partial charge in [0.1, 0.15) is 6.07 Å². The van der Waals surface area contributed by atoms with Crippen LogP contribution in [-0.2, 0) is 7.05 Å². The molecule has 1 rings (SSSR count). The lowest BCUT2D eigenvalue weighted by Crippen LogP contribution is -1.92. The molecule has 46 valence electrons. The minimum atomic E-state index is -0.319. The first-order valence-electron chi connectivity index (χ1n) is 2.24. The molecule has 0 aliphatic rings. The molecule has 0 unspecified atom stereocenters. The van der Waals surface area contributed by atoms with Crippen LogP contribution >= 0.6 is 0 Å². The highest BCUT2D eigenvalue weighted by Gasteiger charge is 2.05. The molecule has 0 radical (unpaired) electrons. The van der Waals surface area contributed by atoms with Gasteiger partial charge in [-0.1, -0.05) is 10.3 Å². The van der Waals surface area contributed by atoms with Crippen molar-refractivity contribution >= 4 is 0 Å². The molecule has 0 aliphatic carbocycles. The van der Waals surface area contributed by atoms with E-state index in [0.29, 0.717) is 0 Å². The van der Waals surface area contributed by atoms with E-state index in [9.17, 15) is 0 Å². The average molecular weight is 124 g/mol. The SMILES string of the molecule is Cn1nnc(O)c1C#N. The number of aromatic nitrogens is 3. The summed E-state index contributed by atoms with van der Waals surface area (Å²) in [5.41, 5.74) is 0.0787. The second-order valence-corrected chi connectivity index (χ2v) is 1.50. The van der Waals surface area contributed by atoms with Crippen LogP contribution in [0.2, 0.25) is 0 Å². The van der Waals surface area contributed by atoms with Gasteiger partial charge in [0.2, 0.25) is 5.69 Å². The van der Waals surface area contributed by atoms with Crippen LogP contribution in [0.15, 0.2) is 0 Å². The van der Waals surface area contributed by atoms with Crippen LogP contribution in [0.25, 0.3) is 0 Å². The Hall–Kier alpha value is -1.57. The third-order valence-electron chi connectivity index (χ3n) is 0.915. The van der Waals surface area contributed by atoms with Crippen molar-refractivity contribution in [1.82, 2.24) is 15.0 Å². The molecule has 1 aromatic heterocycles. The van der Waals surface area contributed by atoms with Crippen LogP contribution in [0.5, 0.6) is 5.88 Å². The number of hydrogen-bond acceptors (Lipinski definition) is 4. The lowest BCUT2D eigenvalue weighted by atomic mass is 10.5. The summed E-state index contributed by atoms with van der Waals surface area (Å²) in [6.45, 7) is 0. The molecule has 0 aliphatic heterocycles. The van der Waals surface area contributed by atoms with Crippen LogP contribution in [-0.4, -0.2) is 20.1 Å². The normalized spacial score (nSPS) is 8.89. The van der Waals surface area contributed by atoms with Gasteiger partial charge < -0.3 is 5.11 Å². The van der Waals surface area contributed by atoms with E-state index in [-0.39, 0.29) is 11.6 Å². The van der Waals surface area contributed by atoms with Gasteiger partial charge in [0.05, 0.1) is 0 Å². The van der Waals surface area contributed by atoms with Crippen molar-refractivity contribution in [3.05, 3.63) is 5.69 Å². The van der Waals surface area contributed by atoms with E-state index in [1.54, 1.807) is 6.07 Å². The Labute approximate surface area is 51.1 Å². The standard InChI is InChI=1S/C4H4N4O/c1-8-3(2-5)4(9)6-7-8/h9H,1H3. The van der Waals surface area contributed by atoms with Gasteiger partial charge in [-0.3, -0.25) is 0 Å². The Morgan fingerprint density at radius 1 is 1.78 bits per heavy atom. The van der Waals surface area contributed by atoms with Crippen molar-refractivity contribution < 1.29 is 5.11 Å². The molecule has 0 atom stereocenters. The van der Waals surface area contributed by atoms with Gasteiger partial charge in [-0.05, 0) is 0 Å². The molecule has 0 bridgehead atoms. The van der Waals surface area contributed by atoms with Gasteiger partial charge in [-0.2, -0.15) is 5.26 Å². The number of nitrogens with zero attached hydrogens (tertiary/aromatic N) is 4. The summed E-state index contributed by atoms with van der Waals surface area (Å²) in [5, 5.41) is 23.6. The third kappa shape index (κ3) is 0.700. The second-order valence-electron chi connectivity index (χ2n) is 1.50. The smallest absolute Gasteiger partial charge is 0.269 e. The van der Waals surface area contributed by atoms with Crippen LogP contribution in [0.3, 0.4) is 0 Å². The average Bonchev–Trinajstić information content (AvgIpc) is 2.12. The van der Waals surface area contributed by atoms with Crippen molar-refractivity contribution in [1.29, 1.82) is 5.26 Å². The lowest BCUT2D eigenvalue weighted by molar-refractivity contribution is 0.450. The molecule has 1 N–H and O–H groups in total. The molecule has 0 amide bonds. The third-order valence-corrected chi connectivity index (χ3v) is 0.915. The van der Waals surface area contributed by atoms with Crippen molar-refractivity contribution in [3.63, 3.8) is 0 Å². The summed E-state index contributed by atoms with van der Waals surface area (Å²) in [4.78, 5) is 0. The maximum atomic E-state index is 8.71. The predicted molar refractivity (Wildman–Crippen MR) is 27.4 cm³/mol. The van der Waals surface area contributed by atoms with E-state index < -0.39 is 0 Å². The van der Waals surface area contributed by atoms with Gasteiger partial charge in [-0.25, -0.2) is 4.68 Å². The van der Waals surface area contributed by atoms with E-state index >= 15 is 0 Å². The fourth-order valence-electron chi connectivity index (χ4n) is 0.469. The van der Waals surface area contributed by atoms with Gasteiger partial charge >= 0.3 is 0 Å². The van der Waals surface area contributed by atoms with Gasteiger partial charge in [0.15, 0.2) is 0 Å². The lowest BCUT2D eigenvalue weighted by Gasteiger charge is -1.83. The molecule has 1 heterocycles. The van der Waals surface area contributed by atoms with E-state index in [2.05, 4.69) is 10.3 Å². The molecular formula is C4H4N4O. The Kier molecular flexibility index (Phi) is 1.08. The maximum Gasteiger partial charge on any atom is 0.269 e. The molecule has 0 spiro atoms. The van der Waals surface area contributed by atoms with E-state index in [1.807, 2.05) is 0 Å². The van der Waals surface area contributed by atoms with E-state index in [1.165, 1.54) is 11.7 Å². The van der Waals surface area contributed by atoms with Crippen molar-refractivity contribution in [2.75, 3.05) is 0 Å². The number of rotatable bonds is 0. The molecular weight excluding hydrogens is 120 g/mol. The summed E-state index contributed by atoms with van der Waals surface area (Å²) in [7, 11) is 1.53. The molecule has 0 fully saturated rings. The zero-order chi connectivity index (χ0) is 6.85. The summed E-state index contributed by atoms with van der Waals surface area (Å²) in [6.07, 6.45) is 0. The minimum absolute atomic E-state index is 0.0787. The summed E-state index contributed by atoms with van der Waals surface area (Å²) in [6, 6.07) is 1.73. The zero-order valence-corrected chi connectivity index (χ0v) is 4.74. The Morgan fingerprint density at radius 3 is 2.67 bits per heavy atom. The highest BCUT2D eigenvalue weighted by atomic mass is 16.3. The number of aromatic hydroxyl groups is 1. The fraction of sp³-hybridized carbons (Fsp3) is 0.250. The van der Waals surface area contributed by atoms with Crippen molar-refractivity contribution in [2.45, 2.75) is 0 Å². The summed E-state index contributed by atoms with van der Waals surface area (Å²) < 4.78 is 1.20. The highest BCUT2D eigenvalue weighted by Crippen LogP contribution is 2.07. The van der Waals surface area contributed by atoms with Gasteiger partial charge in [0.25, 0.3) is 5.88 Å². The second kappa shape index (κ2) is 1.74. The van der Waals surface area contributed by atoms with E-state index in [4.69, 9.17) is 10.4 Å². The molecule has 5 heteroatoms. The number of hydrogen-bond donors (Lipinski definition) is 1. The minimum Gasteiger partial charge on any atom is -0.490 e. The Morgan fingerprint density at radius 2 is 2.44 bits per heavy atom. The monoisotopic (exact) mass is 124 g/mol. The molecule has 0 saturated heterocycles. The Bertz CT molecular complexity index is 239. The summed E-state index contributed by atoms with van der Waals surface area (Å²) in [5.74, 6) is -0.319. The van der Waals surface area contributed by atoms with Crippen molar-refractivity contribution in [2.24, 2.45) is 7.05 Å². The molecule has 9 heavy (non-hydrogen) atoms. The maximum absolute atomic E-state index is 8.71. The number of nitriles is 1. The summed E-state index contributed by atoms with van der Waals surface area (Å²) >= 11 is 0. The Balaban J connectivity index is 3.27. The largest absolute Gasteiger partial charge is 0.490 e. The quantitative estimate of drug-likeness (QED) is 0.500. The van der Waals surface area contributed by atoms with Crippen LogP contribution in [0.4, 0.5) is 0 Å². The van der Waals surface area contributed by atoms with Gasteiger partial charge in [-0.15, -0.1) is 0 Å². The molecule has 0 saturated carbocycles. The van der Waals surface area contributed by atoms with Crippen LogP contribution < -0.4 is 0 Å². The molecule has 1 aromatic rings. The van der Waals surface area contributed by atoms with E-state index in [0.717, 1.165) is 0 Å². The fourth-order valence-corrected chi connectivity index (χ4v) is 0.469. The first kappa shape index (κ1) is 5.56. The zero-order valence-electron chi connectivity index (χ0n) is 4.74. The first-order valence-corrected chi connectivity index (χ1v) is 2.24. The van der Waals surface area contributed by atoms with Crippen molar-refractivity contribution in [3.8, 4) is 11.9 Å². The van der Waals surface area contributed by atoms with Crippen LogP contribution in [0, 0.1) is 11.3 Å². The number of aryl methyl sites for hydroxylation is 1. The van der Waals surface area contributed by atoms with Gasteiger partial charge in [0, 0.05) is 7.05 Å². The first-order chi connectivity index (χ1) is 4.25. The highest BCUT2D eigenvalue weighted by molar-refractivity contribution is 5.28.